The molecule has 1 aliphatic rings. The summed E-state index contributed by atoms with van der Waals surface area (Å²) in [5, 5.41) is 13.0. The molecular weight excluding hydrogens is 794 g/mol. The van der Waals surface area contributed by atoms with Crippen LogP contribution in [0.1, 0.15) is 0 Å². The molecule has 255 valence electrons. The zero-order chi connectivity index (χ0) is 36.9. The van der Waals surface area contributed by atoms with Gasteiger partial charge in [0.25, 0.3) is 0 Å². The van der Waals surface area contributed by atoms with Crippen molar-refractivity contribution < 1.29 is 0 Å². The molecule has 11 aromatic carbocycles. The number of benzene rings is 11. The first-order valence-corrected chi connectivity index (χ1v) is 22.4. The summed E-state index contributed by atoms with van der Waals surface area (Å²) < 4.78 is 4.37. The predicted octanol–water partition coefficient (Wildman–Crippen LogP) is 12.0. The van der Waals surface area contributed by atoms with Gasteiger partial charge in [-0.1, -0.05) is 0 Å². The van der Waals surface area contributed by atoms with Crippen LogP contribution in [0.4, 0.5) is 0 Å². The first-order chi connectivity index (χ1) is 27.7. The number of hydrogen-bond acceptors (Lipinski definition) is 0. The summed E-state index contributed by atoms with van der Waals surface area (Å²) in [6, 6.07) is 71.1. The van der Waals surface area contributed by atoms with Gasteiger partial charge in [0.2, 0.25) is 0 Å². The summed E-state index contributed by atoms with van der Waals surface area (Å²) in [7, 11) is 0. The molecule has 2 heteroatoms. The number of rotatable bonds is 4. The van der Waals surface area contributed by atoms with E-state index in [0.29, 0.717) is 0 Å². The van der Waals surface area contributed by atoms with Crippen LogP contribution in [0.3, 0.4) is 0 Å². The summed E-state index contributed by atoms with van der Waals surface area (Å²) in [5.41, 5.74) is 13.1. The van der Waals surface area contributed by atoms with Gasteiger partial charge in [-0.2, -0.15) is 0 Å². The van der Waals surface area contributed by atoms with Crippen LogP contribution in [0.15, 0.2) is 188 Å². The molecule has 1 heterocycles. The van der Waals surface area contributed by atoms with Crippen LogP contribution in [-0.2, 0) is 0 Å². The standard InChI is InChI=1S/C54H31Ge2/c55-49-25-3-1-16-38(49)35-14-6-13-34(29-35)37-18-8-21-41-46(37)31-47-39(44-23-10-24-45-40-17-2-4-26-50(40)56-54(44)45)19-9-22-42(47)53(41)48-30-36-15-5-11-32-27-28-33-12-7-20-43(48)52(33)51(32)36/h1-31H. The van der Waals surface area contributed by atoms with Crippen molar-refractivity contribution in [3.8, 4) is 55.6 Å². The van der Waals surface area contributed by atoms with E-state index in [9.17, 15) is 0 Å². The van der Waals surface area contributed by atoms with E-state index in [1.54, 1.807) is 4.40 Å². The summed E-state index contributed by atoms with van der Waals surface area (Å²) in [6.45, 7) is 0. The predicted molar refractivity (Wildman–Crippen MR) is 243 cm³/mol. The molecule has 0 spiro atoms. The van der Waals surface area contributed by atoms with E-state index < -0.39 is 15.4 Å². The first kappa shape index (κ1) is 32.3. The van der Waals surface area contributed by atoms with Crippen molar-refractivity contribution >= 4 is 99.0 Å². The van der Waals surface area contributed by atoms with Crippen LogP contribution in [0, 0.1) is 0 Å². The maximum absolute atomic E-state index is 2.51. The minimum atomic E-state index is -0.485. The molecule has 0 aliphatic carbocycles. The molecule has 0 bridgehead atoms. The van der Waals surface area contributed by atoms with Crippen molar-refractivity contribution in [1.29, 1.82) is 0 Å². The second-order valence-corrected chi connectivity index (χ2v) is 18.9. The molecular formula is C54H31Ge2. The van der Waals surface area contributed by atoms with Gasteiger partial charge in [0.1, 0.15) is 0 Å². The van der Waals surface area contributed by atoms with E-state index in [1.165, 1.54) is 118 Å². The molecule has 0 unspecified atom stereocenters. The first-order valence-electron chi connectivity index (χ1n) is 19.3. The summed E-state index contributed by atoms with van der Waals surface area (Å²) in [6.07, 6.45) is 0. The van der Waals surface area contributed by atoms with Crippen molar-refractivity contribution in [2.24, 2.45) is 0 Å². The molecule has 0 N–H and O–H groups in total. The van der Waals surface area contributed by atoms with Crippen molar-refractivity contribution in [1.82, 2.24) is 0 Å². The van der Waals surface area contributed by atoms with Gasteiger partial charge >= 0.3 is 343 Å². The Labute approximate surface area is 340 Å². The quantitative estimate of drug-likeness (QED) is 0.0942. The summed E-state index contributed by atoms with van der Waals surface area (Å²) in [5.74, 6) is 0. The van der Waals surface area contributed by atoms with Crippen LogP contribution in [0.25, 0.3) is 109 Å². The average molecular weight is 825 g/mol. The van der Waals surface area contributed by atoms with E-state index in [0.717, 1.165) is 0 Å². The molecule has 0 atom stereocenters. The van der Waals surface area contributed by atoms with Crippen LogP contribution < -0.4 is 13.2 Å². The van der Waals surface area contributed by atoms with Gasteiger partial charge in [-0.05, 0) is 0 Å². The van der Waals surface area contributed by atoms with Gasteiger partial charge in [-0.25, -0.2) is 0 Å². The monoisotopic (exact) mass is 827 g/mol. The topological polar surface area (TPSA) is 0 Å². The maximum atomic E-state index is 2.51. The fourth-order valence-corrected chi connectivity index (χ4v) is 13.4. The number of fused-ring (bicyclic) bond motifs is 5. The normalized spacial score (nSPS) is 12.3. The van der Waals surface area contributed by atoms with Gasteiger partial charge in [-0.3, -0.25) is 0 Å². The zero-order valence-corrected chi connectivity index (χ0v) is 34.6. The fraction of sp³-hybridized carbons (Fsp3) is 0. The molecule has 56 heavy (non-hydrogen) atoms. The van der Waals surface area contributed by atoms with Gasteiger partial charge in [0.05, 0.1) is 0 Å². The van der Waals surface area contributed by atoms with Crippen LogP contribution in [0.5, 0.6) is 0 Å². The molecule has 0 aromatic heterocycles. The summed E-state index contributed by atoms with van der Waals surface area (Å²) in [4.78, 5) is 0. The van der Waals surface area contributed by atoms with Crippen molar-refractivity contribution in [3.63, 3.8) is 0 Å². The van der Waals surface area contributed by atoms with Gasteiger partial charge in [-0.15, -0.1) is 0 Å². The third kappa shape index (κ3) is 4.79. The van der Waals surface area contributed by atoms with Gasteiger partial charge in [0, 0.05) is 0 Å². The van der Waals surface area contributed by atoms with Crippen LogP contribution in [0.2, 0.25) is 0 Å². The van der Waals surface area contributed by atoms with E-state index in [-0.39, 0.29) is 0 Å². The molecule has 12 rings (SSSR count). The molecule has 0 saturated heterocycles. The second-order valence-electron chi connectivity index (χ2n) is 15.1. The SMILES string of the molecule is [Ge][c]1ccccc1-c1cccc(-c2cccc3c(-c4cc5cccc6ccc7cccc4c7c65)c4cccc(-c5cccc6[c]5[Ge][c]5ccccc5-6)c4cc23)c1. The molecule has 5 radical (unpaired) electrons. The minimum absolute atomic E-state index is 0.485. The van der Waals surface area contributed by atoms with Crippen LogP contribution >= 0.6 is 0 Å². The zero-order valence-electron chi connectivity index (χ0n) is 30.4. The Balaban J connectivity index is 1.21. The van der Waals surface area contributed by atoms with E-state index in [4.69, 9.17) is 0 Å². The number of hydrogen-bond donors (Lipinski definition) is 0. The van der Waals surface area contributed by atoms with Crippen molar-refractivity contribution in [3.05, 3.63) is 188 Å². The Hall–Kier alpha value is -5.93. The Kier molecular flexibility index (Phi) is 7.24. The third-order valence-electron chi connectivity index (χ3n) is 12.1. The van der Waals surface area contributed by atoms with Gasteiger partial charge < -0.3 is 0 Å². The third-order valence-corrected chi connectivity index (χ3v) is 16.1. The van der Waals surface area contributed by atoms with E-state index in [1.807, 2.05) is 0 Å². The molecule has 1 aliphatic heterocycles. The molecule has 0 nitrogen and oxygen atoms in total. The molecule has 0 fully saturated rings. The van der Waals surface area contributed by atoms with E-state index in [2.05, 4.69) is 205 Å². The van der Waals surface area contributed by atoms with E-state index >= 15 is 0 Å². The van der Waals surface area contributed by atoms with Crippen molar-refractivity contribution in [2.75, 3.05) is 0 Å². The second kappa shape index (κ2) is 12.5. The molecule has 0 saturated carbocycles. The fourth-order valence-electron chi connectivity index (χ4n) is 9.60. The summed E-state index contributed by atoms with van der Waals surface area (Å²) >= 11 is 1.72. The average Bonchev–Trinajstić information content (AvgIpc) is 3.64. The molecule has 0 amide bonds. The Bertz CT molecular complexity index is 3410. The van der Waals surface area contributed by atoms with Crippen molar-refractivity contribution in [2.45, 2.75) is 0 Å². The Morgan fingerprint density at radius 1 is 0.321 bits per heavy atom. The van der Waals surface area contributed by atoms with Crippen LogP contribution in [-0.4, -0.2) is 31.9 Å². The van der Waals surface area contributed by atoms with Gasteiger partial charge in [0.15, 0.2) is 0 Å². The Morgan fingerprint density at radius 2 is 0.875 bits per heavy atom. The molecule has 11 aromatic rings. The Morgan fingerprint density at radius 3 is 1.70 bits per heavy atom.